The summed E-state index contributed by atoms with van der Waals surface area (Å²) in [6, 6.07) is 10.8. The number of pyridine rings is 1. The lowest BCUT2D eigenvalue weighted by Crippen LogP contribution is -1.92. The van der Waals surface area contributed by atoms with Crippen LogP contribution in [0.5, 0.6) is 5.75 Å². The van der Waals surface area contributed by atoms with Crippen LogP contribution in [0, 0.1) is 0 Å². The average Bonchev–Trinajstić information content (AvgIpc) is 2.90. The van der Waals surface area contributed by atoms with Crippen LogP contribution in [0.3, 0.4) is 0 Å². The number of aromatic nitrogens is 3. The zero-order chi connectivity index (χ0) is 13.8. The molecule has 1 N–H and O–H groups in total. The maximum atomic E-state index is 9.23. The van der Waals surface area contributed by atoms with E-state index in [1.165, 1.54) is 0 Å². The van der Waals surface area contributed by atoms with Crippen molar-refractivity contribution in [2.75, 3.05) is 0 Å². The minimum Gasteiger partial charge on any atom is -0.508 e. The number of aromatic hydroxyl groups is 1. The van der Waals surface area contributed by atoms with Crippen molar-refractivity contribution >= 4 is 0 Å². The molecule has 0 unspecified atom stereocenters. The third kappa shape index (κ3) is 3.00. The van der Waals surface area contributed by atoms with Gasteiger partial charge in [-0.05, 0) is 29.3 Å². The molecular weight excluding hydrogens is 254 g/mol. The molecule has 0 saturated heterocycles. The normalized spacial score (nSPS) is 10.6. The SMILES string of the molecule is Oc1ccc(Cc2nc(Cc3cccnc3)no2)cc1. The summed E-state index contributed by atoms with van der Waals surface area (Å²) in [6.45, 7) is 0. The van der Waals surface area contributed by atoms with E-state index in [0.29, 0.717) is 24.6 Å². The van der Waals surface area contributed by atoms with Gasteiger partial charge in [-0.1, -0.05) is 23.4 Å². The number of phenolic OH excluding ortho intramolecular Hbond substituents is 1. The molecule has 3 aromatic rings. The molecule has 3 rings (SSSR count). The van der Waals surface area contributed by atoms with Crippen molar-refractivity contribution in [2.45, 2.75) is 12.8 Å². The molecule has 1 aromatic carbocycles. The van der Waals surface area contributed by atoms with Gasteiger partial charge in [0.2, 0.25) is 5.89 Å². The van der Waals surface area contributed by atoms with E-state index in [2.05, 4.69) is 15.1 Å². The lowest BCUT2D eigenvalue weighted by atomic mass is 10.1. The Balaban J connectivity index is 1.69. The summed E-state index contributed by atoms with van der Waals surface area (Å²) >= 11 is 0. The lowest BCUT2D eigenvalue weighted by molar-refractivity contribution is 0.380. The Morgan fingerprint density at radius 1 is 1.00 bits per heavy atom. The third-order valence-electron chi connectivity index (χ3n) is 2.89. The standard InChI is InChI=1S/C15H13N3O2/c19-13-5-3-11(4-6-13)9-15-17-14(18-20-15)8-12-2-1-7-16-10-12/h1-7,10,19H,8-9H2. The first-order chi connectivity index (χ1) is 9.79. The molecule has 5 heteroatoms. The van der Waals surface area contributed by atoms with Crippen LogP contribution in [0.2, 0.25) is 0 Å². The van der Waals surface area contributed by atoms with Crippen LogP contribution in [-0.2, 0) is 12.8 Å². The van der Waals surface area contributed by atoms with Gasteiger partial charge in [0.05, 0.1) is 6.42 Å². The Morgan fingerprint density at radius 2 is 1.85 bits per heavy atom. The molecule has 0 aliphatic rings. The maximum absolute atomic E-state index is 9.23. The van der Waals surface area contributed by atoms with E-state index < -0.39 is 0 Å². The van der Waals surface area contributed by atoms with E-state index >= 15 is 0 Å². The van der Waals surface area contributed by atoms with E-state index in [1.807, 2.05) is 24.3 Å². The number of rotatable bonds is 4. The van der Waals surface area contributed by atoms with Crippen molar-refractivity contribution in [2.24, 2.45) is 0 Å². The van der Waals surface area contributed by atoms with E-state index in [-0.39, 0.29) is 5.75 Å². The Kier molecular flexibility index (Phi) is 3.41. The van der Waals surface area contributed by atoms with Crippen molar-refractivity contribution in [1.82, 2.24) is 15.1 Å². The van der Waals surface area contributed by atoms with Crippen LogP contribution >= 0.6 is 0 Å². The van der Waals surface area contributed by atoms with Crippen LogP contribution in [0.15, 0.2) is 53.3 Å². The Morgan fingerprint density at radius 3 is 2.60 bits per heavy atom. The fourth-order valence-electron chi connectivity index (χ4n) is 1.91. The van der Waals surface area contributed by atoms with E-state index in [0.717, 1.165) is 11.1 Å². The summed E-state index contributed by atoms with van der Waals surface area (Å²) in [5.41, 5.74) is 2.06. The first-order valence-corrected chi connectivity index (χ1v) is 6.28. The molecule has 2 aromatic heterocycles. The molecule has 0 aliphatic heterocycles. The van der Waals surface area contributed by atoms with Gasteiger partial charge in [0.15, 0.2) is 5.82 Å². The number of phenols is 1. The minimum atomic E-state index is 0.247. The summed E-state index contributed by atoms with van der Waals surface area (Å²) in [4.78, 5) is 8.41. The molecule has 5 nitrogen and oxygen atoms in total. The van der Waals surface area contributed by atoms with Crippen molar-refractivity contribution in [1.29, 1.82) is 0 Å². The first kappa shape index (κ1) is 12.3. The molecular formula is C15H13N3O2. The van der Waals surface area contributed by atoms with Gasteiger partial charge in [-0.15, -0.1) is 0 Å². The highest BCUT2D eigenvalue weighted by molar-refractivity contribution is 5.27. The molecule has 20 heavy (non-hydrogen) atoms. The van der Waals surface area contributed by atoms with Crippen LogP contribution in [0.1, 0.15) is 22.8 Å². The predicted molar refractivity (Wildman–Crippen MR) is 72.3 cm³/mol. The van der Waals surface area contributed by atoms with Gasteiger partial charge in [-0.3, -0.25) is 4.98 Å². The predicted octanol–water partition coefficient (Wildman–Crippen LogP) is 2.35. The van der Waals surface area contributed by atoms with Gasteiger partial charge < -0.3 is 9.63 Å². The Bertz CT molecular complexity index is 678. The molecule has 100 valence electrons. The van der Waals surface area contributed by atoms with Crippen LogP contribution < -0.4 is 0 Å². The van der Waals surface area contributed by atoms with Gasteiger partial charge >= 0.3 is 0 Å². The molecule has 0 amide bonds. The molecule has 0 spiro atoms. The zero-order valence-electron chi connectivity index (χ0n) is 10.7. The molecule has 0 radical (unpaired) electrons. The molecule has 0 bridgehead atoms. The highest BCUT2D eigenvalue weighted by Gasteiger charge is 2.08. The van der Waals surface area contributed by atoms with E-state index in [9.17, 15) is 5.11 Å². The summed E-state index contributed by atoms with van der Waals surface area (Å²) < 4.78 is 5.23. The van der Waals surface area contributed by atoms with Gasteiger partial charge in [0.1, 0.15) is 5.75 Å². The second-order valence-corrected chi connectivity index (χ2v) is 4.49. The number of benzene rings is 1. The largest absolute Gasteiger partial charge is 0.508 e. The summed E-state index contributed by atoms with van der Waals surface area (Å²) in [5, 5.41) is 13.2. The number of hydrogen-bond donors (Lipinski definition) is 1. The fourth-order valence-corrected chi connectivity index (χ4v) is 1.91. The van der Waals surface area contributed by atoms with E-state index in [1.54, 1.807) is 24.5 Å². The topological polar surface area (TPSA) is 72.0 Å². The molecule has 0 aliphatic carbocycles. The van der Waals surface area contributed by atoms with Crippen LogP contribution in [0.4, 0.5) is 0 Å². The summed E-state index contributed by atoms with van der Waals surface area (Å²) in [5.74, 6) is 1.46. The molecule has 0 fully saturated rings. The molecule has 0 atom stereocenters. The van der Waals surface area contributed by atoms with Crippen LogP contribution in [0.25, 0.3) is 0 Å². The first-order valence-electron chi connectivity index (χ1n) is 6.28. The Hall–Kier alpha value is -2.69. The van der Waals surface area contributed by atoms with Gasteiger partial charge in [0, 0.05) is 18.8 Å². The van der Waals surface area contributed by atoms with Gasteiger partial charge in [0.25, 0.3) is 0 Å². The second kappa shape index (κ2) is 5.52. The van der Waals surface area contributed by atoms with Gasteiger partial charge in [-0.2, -0.15) is 4.98 Å². The zero-order valence-corrected chi connectivity index (χ0v) is 10.7. The van der Waals surface area contributed by atoms with Crippen molar-refractivity contribution < 1.29 is 9.63 Å². The highest BCUT2D eigenvalue weighted by atomic mass is 16.5. The van der Waals surface area contributed by atoms with Crippen molar-refractivity contribution in [3.63, 3.8) is 0 Å². The average molecular weight is 267 g/mol. The maximum Gasteiger partial charge on any atom is 0.231 e. The quantitative estimate of drug-likeness (QED) is 0.785. The lowest BCUT2D eigenvalue weighted by Gasteiger charge is -1.96. The monoisotopic (exact) mass is 267 g/mol. The third-order valence-corrected chi connectivity index (χ3v) is 2.89. The smallest absolute Gasteiger partial charge is 0.231 e. The van der Waals surface area contributed by atoms with Crippen molar-refractivity contribution in [3.8, 4) is 5.75 Å². The number of nitrogens with zero attached hydrogens (tertiary/aromatic N) is 3. The minimum absolute atomic E-state index is 0.247. The number of hydrogen-bond acceptors (Lipinski definition) is 5. The highest BCUT2D eigenvalue weighted by Crippen LogP contribution is 2.13. The van der Waals surface area contributed by atoms with E-state index in [4.69, 9.17) is 4.52 Å². The summed E-state index contributed by atoms with van der Waals surface area (Å²) in [6.07, 6.45) is 4.68. The fraction of sp³-hybridized carbons (Fsp3) is 0.133. The second-order valence-electron chi connectivity index (χ2n) is 4.49. The molecule has 2 heterocycles. The molecule has 0 saturated carbocycles. The van der Waals surface area contributed by atoms with Gasteiger partial charge in [-0.25, -0.2) is 0 Å². The Labute approximate surface area is 115 Å². The van der Waals surface area contributed by atoms with Crippen molar-refractivity contribution in [3.05, 3.63) is 71.6 Å². The van der Waals surface area contributed by atoms with Crippen LogP contribution in [-0.4, -0.2) is 20.2 Å². The summed E-state index contributed by atoms with van der Waals surface area (Å²) in [7, 11) is 0.